The fourth-order valence-corrected chi connectivity index (χ4v) is 2.55. The number of nitrogens with one attached hydrogen (secondary N) is 2. The number of nitrogens with zero attached hydrogens (tertiary/aromatic N) is 1. The van der Waals surface area contributed by atoms with E-state index in [0.717, 1.165) is 42.9 Å². The summed E-state index contributed by atoms with van der Waals surface area (Å²) in [7, 11) is 0. The molecule has 1 aliphatic carbocycles. The Balaban J connectivity index is 2.09. The number of anilines is 2. The largest absolute Gasteiger partial charge is 0.372 e. The summed E-state index contributed by atoms with van der Waals surface area (Å²) in [5.74, 6) is -0.487. The zero-order valence-corrected chi connectivity index (χ0v) is 15.4. The van der Waals surface area contributed by atoms with Gasteiger partial charge < -0.3 is 15.5 Å². The van der Waals surface area contributed by atoms with E-state index in [2.05, 4.69) is 35.4 Å². The van der Waals surface area contributed by atoms with Gasteiger partial charge in [0, 0.05) is 30.5 Å². The molecule has 2 N–H and O–H groups in total. The monoisotopic (exact) mass is 331 g/mol. The van der Waals surface area contributed by atoms with Crippen LogP contribution >= 0.6 is 0 Å². The van der Waals surface area contributed by atoms with Crippen molar-refractivity contribution in [1.82, 2.24) is 5.32 Å². The number of amides is 2. The first kappa shape index (κ1) is 18.3. The molecule has 2 amide bonds. The molecule has 0 radical (unpaired) electrons. The van der Waals surface area contributed by atoms with Gasteiger partial charge >= 0.3 is 0 Å². The molecule has 24 heavy (non-hydrogen) atoms. The minimum atomic E-state index is -1.09. The third-order valence-electron chi connectivity index (χ3n) is 4.63. The van der Waals surface area contributed by atoms with Crippen molar-refractivity contribution in [1.29, 1.82) is 0 Å². The first-order chi connectivity index (χ1) is 11.3. The number of carbonyl (C=O) groups excluding carboxylic acids is 2. The van der Waals surface area contributed by atoms with Crippen LogP contribution in [0.2, 0.25) is 0 Å². The molecule has 0 spiro atoms. The molecule has 5 heteroatoms. The second-order valence-corrected chi connectivity index (χ2v) is 7.00. The second kappa shape index (κ2) is 7.24. The Hall–Kier alpha value is -2.04. The van der Waals surface area contributed by atoms with Gasteiger partial charge in [-0.3, -0.25) is 9.59 Å². The Morgan fingerprint density at radius 1 is 1.17 bits per heavy atom. The van der Waals surface area contributed by atoms with Crippen LogP contribution in [0.25, 0.3) is 0 Å². The zero-order valence-electron chi connectivity index (χ0n) is 15.4. The molecule has 1 aromatic rings. The van der Waals surface area contributed by atoms with Gasteiger partial charge in [0.05, 0.1) is 0 Å². The highest BCUT2D eigenvalue weighted by molar-refractivity contribution is 6.10. The molecule has 0 aromatic heterocycles. The molecule has 5 nitrogen and oxygen atoms in total. The number of carbonyl (C=O) groups is 2. The van der Waals surface area contributed by atoms with Gasteiger partial charge in [-0.1, -0.05) is 0 Å². The van der Waals surface area contributed by atoms with Crippen LogP contribution in [0.15, 0.2) is 18.2 Å². The van der Waals surface area contributed by atoms with Crippen LogP contribution in [-0.4, -0.2) is 30.9 Å². The molecule has 0 saturated heterocycles. The Morgan fingerprint density at radius 2 is 1.79 bits per heavy atom. The van der Waals surface area contributed by atoms with E-state index in [-0.39, 0.29) is 17.9 Å². The summed E-state index contributed by atoms with van der Waals surface area (Å²) in [5, 5.41) is 5.82. The van der Waals surface area contributed by atoms with Crippen molar-refractivity contribution in [2.75, 3.05) is 23.3 Å². The quantitative estimate of drug-likeness (QED) is 0.755. The van der Waals surface area contributed by atoms with Crippen molar-refractivity contribution in [3.63, 3.8) is 0 Å². The smallest absolute Gasteiger partial charge is 0.239 e. The lowest BCUT2D eigenvalue weighted by Crippen LogP contribution is -2.45. The Kier molecular flexibility index (Phi) is 5.52. The Bertz CT molecular complexity index is 617. The average Bonchev–Trinajstić information content (AvgIpc) is 3.34. The molecule has 0 atom stereocenters. The summed E-state index contributed by atoms with van der Waals surface area (Å²) >= 11 is 0. The summed E-state index contributed by atoms with van der Waals surface area (Å²) in [5.41, 5.74) is 1.79. The third-order valence-corrected chi connectivity index (χ3v) is 4.63. The van der Waals surface area contributed by atoms with Crippen molar-refractivity contribution >= 4 is 23.2 Å². The maximum absolute atomic E-state index is 12.6. The van der Waals surface area contributed by atoms with E-state index in [4.69, 9.17) is 0 Å². The lowest BCUT2D eigenvalue weighted by atomic mass is 9.90. The van der Waals surface area contributed by atoms with E-state index >= 15 is 0 Å². The van der Waals surface area contributed by atoms with Gasteiger partial charge in [0.1, 0.15) is 5.41 Å². The number of benzene rings is 1. The topological polar surface area (TPSA) is 61.4 Å². The van der Waals surface area contributed by atoms with Gasteiger partial charge in [-0.15, -0.1) is 0 Å². The van der Waals surface area contributed by atoms with E-state index in [0.29, 0.717) is 0 Å². The lowest BCUT2D eigenvalue weighted by molar-refractivity contribution is -0.138. The summed E-state index contributed by atoms with van der Waals surface area (Å²) in [6.07, 6.45) is 2.02. The van der Waals surface area contributed by atoms with Gasteiger partial charge in [-0.2, -0.15) is 0 Å². The van der Waals surface area contributed by atoms with Crippen LogP contribution in [0.1, 0.15) is 46.1 Å². The molecule has 0 unspecified atom stereocenters. The fraction of sp³-hybridized carbons (Fsp3) is 0.579. The Morgan fingerprint density at radius 3 is 2.29 bits per heavy atom. The van der Waals surface area contributed by atoms with Crippen LogP contribution in [0.3, 0.4) is 0 Å². The van der Waals surface area contributed by atoms with E-state index in [9.17, 15) is 9.59 Å². The minimum absolute atomic E-state index is 0.208. The molecular weight excluding hydrogens is 302 g/mol. The predicted octanol–water partition coefficient (Wildman–Crippen LogP) is 3.08. The highest BCUT2D eigenvalue weighted by Crippen LogP contribution is 2.27. The van der Waals surface area contributed by atoms with Crippen LogP contribution in [0.4, 0.5) is 11.4 Å². The SMILES string of the molecule is CCN(CC)c1ccc(NC(=O)C(C)(C)C(=O)NC2CC2)c(C)c1. The molecule has 1 saturated carbocycles. The molecule has 132 valence electrons. The van der Waals surface area contributed by atoms with Crippen molar-refractivity contribution in [3.05, 3.63) is 23.8 Å². The molecule has 1 fully saturated rings. The summed E-state index contributed by atoms with van der Waals surface area (Å²) < 4.78 is 0. The van der Waals surface area contributed by atoms with E-state index in [1.807, 2.05) is 19.1 Å². The highest BCUT2D eigenvalue weighted by atomic mass is 16.2. The van der Waals surface area contributed by atoms with E-state index < -0.39 is 5.41 Å². The van der Waals surface area contributed by atoms with Crippen molar-refractivity contribution in [2.45, 2.75) is 53.5 Å². The average molecular weight is 331 g/mol. The summed E-state index contributed by atoms with van der Waals surface area (Å²) in [6, 6.07) is 6.24. The van der Waals surface area contributed by atoms with Crippen LogP contribution < -0.4 is 15.5 Å². The minimum Gasteiger partial charge on any atom is -0.372 e. The van der Waals surface area contributed by atoms with Crippen molar-refractivity contribution in [2.24, 2.45) is 5.41 Å². The lowest BCUT2D eigenvalue weighted by Gasteiger charge is -2.25. The molecule has 0 bridgehead atoms. The van der Waals surface area contributed by atoms with E-state index in [1.165, 1.54) is 0 Å². The van der Waals surface area contributed by atoms with Crippen LogP contribution in [0, 0.1) is 12.3 Å². The van der Waals surface area contributed by atoms with Crippen LogP contribution in [-0.2, 0) is 9.59 Å². The molecule has 1 aliphatic rings. The van der Waals surface area contributed by atoms with Gasteiger partial charge in [0.25, 0.3) is 0 Å². The predicted molar refractivity (Wildman–Crippen MR) is 98.3 cm³/mol. The number of aryl methyl sites for hydroxylation is 1. The Labute approximate surface area is 144 Å². The normalized spacial score (nSPS) is 14.2. The second-order valence-electron chi connectivity index (χ2n) is 7.00. The first-order valence-corrected chi connectivity index (χ1v) is 8.77. The standard InChI is InChI=1S/C19H29N3O2/c1-6-22(7-2)15-10-11-16(13(3)12-15)21-18(24)19(4,5)17(23)20-14-8-9-14/h10-12,14H,6-9H2,1-5H3,(H,20,23)(H,21,24). The maximum atomic E-state index is 12.6. The zero-order chi connectivity index (χ0) is 17.9. The summed E-state index contributed by atoms with van der Waals surface area (Å²) in [6.45, 7) is 11.4. The first-order valence-electron chi connectivity index (χ1n) is 8.77. The fourth-order valence-electron chi connectivity index (χ4n) is 2.55. The van der Waals surface area contributed by atoms with Gasteiger partial charge in [0.15, 0.2) is 0 Å². The maximum Gasteiger partial charge on any atom is 0.239 e. The van der Waals surface area contributed by atoms with Gasteiger partial charge in [0.2, 0.25) is 11.8 Å². The van der Waals surface area contributed by atoms with Crippen LogP contribution in [0.5, 0.6) is 0 Å². The molecule has 0 heterocycles. The van der Waals surface area contributed by atoms with Crippen molar-refractivity contribution in [3.8, 4) is 0 Å². The third kappa shape index (κ3) is 4.08. The van der Waals surface area contributed by atoms with Crippen molar-refractivity contribution < 1.29 is 9.59 Å². The number of hydrogen-bond acceptors (Lipinski definition) is 3. The van der Waals surface area contributed by atoms with Gasteiger partial charge in [-0.25, -0.2) is 0 Å². The highest BCUT2D eigenvalue weighted by Gasteiger charge is 2.38. The molecule has 1 aromatic carbocycles. The summed E-state index contributed by atoms with van der Waals surface area (Å²) in [4.78, 5) is 27.1. The molecule has 2 rings (SSSR count). The number of hydrogen-bond donors (Lipinski definition) is 2. The molecule has 0 aliphatic heterocycles. The van der Waals surface area contributed by atoms with Gasteiger partial charge in [-0.05, 0) is 71.2 Å². The number of rotatable bonds is 7. The van der Waals surface area contributed by atoms with E-state index in [1.54, 1.807) is 13.8 Å². The molecular formula is C19H29N3O2.